The Labute approximate surface area is 149 Å². The lowest BCUT2D eigenvalue weighted by atomic mass is 10.0. The van der Waals surface area contributed by atoms with Crippen LogP contribution in [0.15, 0.2) is 27.8 Å². The third-order valence-corrected chi connectivity index (χ3v) is 3.80. The second kappa shape index (κ2) is 9.86. The second-order valence-corrected chi connectivity index (χ2v) is 6.61. The Kier molecular flexibility index (Phi) is 7.50. The van der Waals surface area contributed by atoms with Gasteiger partial charge < -0.3 is 15.1 Å². The molecule has 0 saturated carbocycles. The normalized spacial score (nSPS) is 13.2. The molecule has 0 fully saturated rings. The number of nitrogens with one attached hydrogen (secondary N) is 3. The lowest BCUT2D eigenvalue weighted by molar-refractivity contribution is 0.489. The van der Waals surface area contributed by atoms with Gasteiger partial charge in [0.15, 0.2) is 11.7 Å². The summed E-state index contributed by atoms with van der Waals surface area (Å²) >= 11 is 0. The molecule has 7 nitrogen and oxygen atoms in total. The van der Waals surface area contributed by atoms with E-state index >= 15 is 0 Å². The number of nitrogens with zero attached hydrogens (tertiary/aromatic N) is 3. The van der Waals surface area contributed by atoms with Crippen LogP contribution in [-0.4, -0.2) is 40.3 Å². The molecule has 2 rings (SSSR count). The van der Waals surface area contributed by atoms with E-state index in [0.29, 0.717) is 30.6 Å². The molecular formula is C18H30N6O. The van der Waals surface area contributed by atoms with E-state index in [0.717, 1.165) is 30.7 Å². The highest BCUT2D eigenvalue weighted by molar-refractivity contribution is 5.80. The van der Waals surface area contributed by atoms with Crippen molar-refractivity contribution >= 4 is 5.96 Å². The van der Waals surface area contributed by atoms with Gasteiger partial charge >= 0.3 is 0 Å². The molecule has 138 valence electrons. The SMILES string of the molecule is CCNC(=NCCc1nc(-c2ccco2)n[nH]1)NC(C)CCC(C)C. The van der Waals surface area contributed by atoms with Gasteiger partial charge in [0.1, 0.15) is 5.82 Å². The zero-order chi connectivity index (χ0) is 18.1. The molecule has 0 saturated heterocycles. The zero-order valence-electron chi connectivity index (χ0n) is 15.7. The Morgan fingerprint density at radius 1 is 1.32 bits per heavy atom. The van der Waals surface area contributed by atoms with Gasteiger partial charge in [-0.3, -0.25) is 10.1 Å². The Morgan fingerprint density at radius 2 is 2.16 bits per heavy atom. The summed E-state index contributed by atoms with van der Waals surface area (Å²) in [6.45, 7) is 10.2. The molecule has 1 unspecified atom stereocenters. The Bertz CT molecular complexity index is 632. The maximum absolute atomic E-state index is 5.30. The van der Waals surface area contributed by atoms with Crippen LogP contribution in [0.4, 0.5) is 0 Å². The van der Waals surface area contributed by atoms with Crippen LogP contribution in [0, 0.1) is 5.92 Å². The number of hydrogen-bond acceptors (Lipinski definition) is 4. The Morgan fingerprint density at radius 3 is 2.84 bits per heavy atom. The monoisotopic (exact) mass is 346 g/mol. The molecule has 0 bridgehead atoms. The molecule has 0 radical (unpaired) electrons. The van der Waals surface area contributed by atoms with Gasteiger partial charge in [-0.25, -0.2) is 4.98 Å². The van der Waals surface area contributed by atoms with Gasteiger partial charge in [0.25, 0.3) is 0 Å². The summed E-state index contributed by atoms with van der Waals surface area (Å²) in [5, 5.41) is 13.9. The third kappa shape index (κ3) is 6.60. The van der Waals surface area contributed by atoms with Crippen LogP contribution in [0.3, 0.4) is 0 Å². The van der Waals surface area contributed by atoms with Crippen LogP contribution in [-0.2, 0) is 6.42 Å². The molecule has 2 aromatic rings. The highest BCUT2D eigenvalue weighted by Crippen LogP contribution is 2.14. The fraction of sp³-hybridized carbons (Fsp3) is 0.611. The van der Waals surface area contributed by atoms with E-state index in [1.54, 1.807) is 6.26 Å². The van der Waals surface area contributed by atoms with Crippen molar-refractivity contribution in [1.82, 2.24) is 25.8 Å². The van der Waals surface area contributed by atoms with Crippen molar-refractivity contribution in [2.45, 2.75) is 53.0 Å². The predicted molar refractivity (Wildman–Crippen MR) is 100 cm³/mol. The average Bonchev–Trinajstić information content (AvgIpc) is 3.24. The lowest BCUT2D eigenvalue weighted by Crippen LogP contribution is -2.42. The van der Waals surface area contributed by atoms with Gasteiger partial charge in [-0.15, -0.1) is 0 Å². The van der Waals surface area contributed by atoms with Crippen molar-refractivity contribution in [1.29, 1.82) is 0 Å². The molecule has 0 aliphatic carbocycles. The van der Waals surface area contributed by atoms with E-state index in [4.69, 9.17) is 4.42 Å². The topological polar surface area (TPSA) is 91.1 Å². The molecule has 3 N–H and O–H groups in total. The largest absolute Gasteiger partial charge is 0.461 e. The molecule has 1 atom stereocenters. The van der Waals surface area contributed by atoms with Gasteiger partial charge in [-0.2, -0.15) is 5.10 Å². The van der Waals surface area contributed by atoms with Crippen LogP contribution in [0.2, 0.25) is 0 Å². The average molecular weight is 346 g/mol. The number of hydrogen-bond donors (Lipinski definition) is 3. The molecule has 0 spiro atoms. The minimum atomic E-state index is 0.399. The fourth-order valence-electron chi connectivity index (χ4n) is 2.41. The Balaban J connectivity index is 1.84. The number of H-pyrrole nitrogens is 1. The van der Waals surface area contributed by atoms with Gasteiger partial charge in [0.2, 0.25) is 5.82 Å². The summed E-state index contributed by atoms with van der Waals surface area (Å²) in [5.74, 6) is 3.62. The van der Waals surface area contributed by atoms with Crippen LogP contribution >= 0.6 is 0 Å². The summed E-state index contributed by atoms with van der Waals surface area (Å²) in [6.07, 6.45) is 4.66. The van der Waals surface area contributed by atoms with Gasteiger partial charge in [0.05, 0.1) is 6.26 Å². The number of aromatic nitrogens is 3. The first-order chi connectivity index (χ1) is 12.1. The van der Waals surface area contributed by atoms with Crippen LogP contribution in [0.1, 0.15) is 46.4 Å². The van der Waals surface area contributed by atoms with Crippen molar-refractivity contribution < 1.29 is 4.42 Å². The van der Waals surface area contributed by atoms with Crippen molar-refractivity contribution in [3.63, 3.8) is 0 Å². The molecule has 25 heavy (non-hydrogen) atoms. The summed E-state index contributed by atoms with van der Waals surface area (Å²) in [4.78, 5) is 9.07. The summed E-state index contributed by atoms with van der Waals surface area (Å²) in [5.41, 5.74) is 0. The fourth-order valence-corrected chi connectivity index (χ4v) is 2.41. The van der Waals surface area contributed by atoms with E-state index in [9.17, 15) is 0 Å². The van der Waals surface area contributed by atoms with Gasteiger partial charge in [-0.05, 0) is 44.7 Å². The van der Waals surface area contributed by atoms with Gasteiger partial charge in [0, 0.05) is 25.6 Å². The number of aliphatic imine (C=N–C) groups is 1. The Hall–Kier alpha value is -2.31. The van der Waals surface area contributed by atoms with E-state index < -0.39 is 0 Å². The molecular weight excluding hydrogens is 316 g/mol. The molecule has 0 aliphatic heterocycles. The quantitative estimate of drug-likeness (QED) is 0.479. The molecule has 2 heterocycles. The van der Waals surface area contributed by atoms with Crippen LogP contribution < -0.4 is 10.6 Å². The molecule has 2 aromatic heterocycles. The van der Waals surface area contributed by atoms with E-state index in [1.807, 2.05) is 12.1 Å². The van der Waals surface area contributed by atoms with E-state index in [-0.39, 0.29) is 0 Å². The first-order valence-corrected chi connectivity index (χ1v) is 9.08. The predicted octanol–water partition coefficient (Wildman–Crippen LogP) is 2.99. The summed E-state index contributed by atoms with van der Waals surface area (Å²) < 4.78 is 5.30. The zero-order valence-corrected chi connectivity index (χ0v) is 15.7. The van der Waals surface area contributed by atoms with Crippen LogP contribution in [0.25, 0.3) is 11.6 Å². The molecule has 0 aliphatic rings. The first-order valence-electron chi connectivity index (χ1n) is 9.08. The van der Waals surface area contributed by atoms with Crippen molar-refractivity contribution in [2.75, 3.05) is 13.1 Å². The van der Waals surface area contributed by atoms with Crippen molar-refractivity contribution in [2.24, 2.45) is 10.9 Å². The van der Waals surface area contributed by atoms with Crippen molar-refractivity contribution in [3.05, 3.63) is 24.2 Å². The molecule has 7 heteroatoms. The van der Waals surface area contributed by atoms with Gasteiger partial charge in [-0.1, -0.05) is 13.8 Å². The number of furan rings is 1. The number of guanidine groups is 1. The van der Waals surface area contributed by atoms with Crippen molar-refractivity contribution in [3.8, 4) is 11.6 Å². The van der Waals surface area contributed by atoms with E-state index in [2.05, 4.69) is 58.5 Å². The minimum Gasteiger partial charge on any atom is -0.461 e. The maximum Gasteiger partial charge on any atom is 0.216 e. The minimum absolute atomic E-state index is 0.399. The highest BCUT2D eigenvalue weighted by Gasteiger charge is 2.09. The first kappa shape index (κ1) is 19.0. The summed E-state index contributed by atoms with van der Waals surface area (Å²) in [6, 6.07) is 4.07. The summed E-state index contributed by atoms with van der Waals surface area (Å²) in [7, 11) is 0. The number of rotatable bonds is 9. The number of aromatic amines is 1. The lowest BCUT2D eigenvalue weighted by Gasteiger charge is -2.18. The molecule has 0 amide bonds. The second-order valence-electron chi connectivity index (χ2n) is 6.61. The third-order valence-electron chi connectivity index (χ3n) is 3.80. The highest BCUT2D eigenvalue weighted by atomic mass is 16.3. The van der Waals surface area contributed by atoms with E-state index in [1.165, 1.54) is 6.42 Å². The van der Waals surface area contributed by atoms with Crippen LogP contribution in [0.5, 0.6) is 0 Å². The standard InChI is InChI=1S/C18H30N6O/c1-5-19-18(21-14(4)9-8-13(2)3)20-11-10-16-22-17(24-23-16)15-7-6-12-25-15/h6-7,12-14H,5,8-11H2,1-4H3,(H2,19,20,21)(H,22,23,24). The molecule has 0 aromatic carbocycles. The maximum atomic E-state index is 5.30. The smallest absolute Gasteiger partial charge is 0.216 e.